The Morgan fingerprint density at radius 2 is 2.33 bits per heavy atom. The molecule has 2 aromatic rings. The van der Waals surface area contributed by atoms with Crippen LogP contribution in [0.15, 0.2) is 22.5 Å². The number of nitrogens with zero attached hydrogens (tertiary/aromatic N) is 3. The minimum Gasteiger partial charge on any atom is -0.213 e. The summed E-state index contributed by atoms with van der Waals surface area (Å²) >= 11 is 9.14. The Morgan fingerprint density at radius 3 is 2.94 bits per heavy atom. The maximum atomic E-state index is 8.76. The minimum atomic E-state index is 0.581. The number of hydrogen-bond donors (Lipinski definition) is 0. The molecule has 1 aromatic heterocycles. The van der Waals surface area contributed by atoms with Gasteiger partial charge in [-0.1, -0.05) is 36.4 Å². The number of aromatic nitrogens is 2. The number of nitriles is 1. The third kappa shape index (κ3) is 3.22. The van der Waals surface area contributed by atoms with E-state index in [0.717, 1.165) is 27.9 Å². The summed E-state index contributed by atoms with van der Waals surface area (Å²) in [6.07, 6.45) is 0.856. The van der Waals surface area contributed by atoms with E-state index in [9.17, 15) is 0 Å². The molecule has 0 fully saturated rings. The van der Waals surface area contributed by atoms with Crippen LogP contribution in [-0.4, -0.2) is 9.36 Å². The third-order valence-electron chi connectivity index (χ3n) is 2.30. The molecular weight excluding hydrogens is 286 g/mol. The Balaban J connectivity index is 2.04. The largest absolute Gasteiger partial charge is 0.213 e. The zero-order valence-electron chi connectivity index (χ0n) is 9.68. The first-order chi connectivity index (χ1) is 8.72. The molecule has 0 aliphatic heterocycles. The fourth-order valence-electron chi connectivity index (χ4n) is 1.31. The van der Waals surface area contributed by atoms with Gasteiger partial charge in [-0.05, 0) is 29.2 Å². The summed E-state index contributed by atoms with van der Waals surface area (Å²) < 4.78 is 5.18. The third-order valence-corrected chi connectivity index (χ3v) is 4.57. The Kier molecular flexibility index (Phi) is 4.59. The summed E-state index contributed by atoms with van der Waals surface area (Å²) in [5, 5.41) is 9.39. The number of benzene rings is 1. The number of hydrogen-bond acceptors (Lipinski definition) is 5. The molecule has 92 valence electrons. The molecule has 0 radical (unpaired) electrons. The van der Waals surface area contributed by atoms with Crippen molar-refractivity contribution in [3.05, 3.63) is 40.2 Å². The summed E-state index contributed by atoms with van der Waals surface area (Å²) in [5.41, 5.74) is 1.59. The van der Waals surface area contributed by atoms with Gasteiger partial charge >= 0.3 is 0 Å². The molecule has 1 aromatic carbocycles. The molecule has 0 unspecified atom stereocenters. The van der Waals surface area contributed by atoms with Crippen molar-refractivity contribution in [3.8, 4) is 6.07 Å². The quantitative estimate of drug-likeness (QED) is 0.802. The van der Waals surface area contributed by atoms with E-state index in [0.29, 0.717) is 10.6 Å². The van der Waals surface area contributed by atoms with Crippen molar-refractivity contribution in [2.45, 2.75) is 23.4 Å². The van der Waals surface area contributed by atoms with Gasteiger partial charge in [-0.2, -0.15) is 9.64 Å². The second kappa shape index (κ2) is 6.19. The lowest BCUT2D eigenvalue weighted by Gasteiger charge is -2.02. The maximum absolute atomic E-state index is 8.76. The second-order valence-electron chi connectivity index (χ2n) is 3.54. The van der Waals surface area contributed by atoms with Crippen molar-refractivity contribution in [3.63, 3.8) is 0 Å². The molecule has 0 amide bonds. The Morgan fingerprint density at radius 1 is 1.50 bits per heavy atom. The summed E-state index contributed by atoms with van der Waals surface area (Å²) in [6.45, 7) is 2.04. The predicted molar refractivity (Wildman–Crippen MR) is 75.0 cm³/mol. The van der Waals surface area contributed by atoms with Crippen molar-refractivity contribution < 1.29 is 0 Å². The number of aryl methyl sites for hydroxylation is 1. The molecule has 18 heavy (non-hydrogen) atoms. The lowest BCUT2D eigenvalue weighted by molar-refractivity contribution is 0.971. The van der Waals surface area contributed by atoms with Crippen LogP contribution < -0.4 is 0 Å². The molecule has 1 heterocycles. The van der Waals surface area contributed by atoms with E-state index in [1.807, 2.05) is 13.0 Å². The van der Waals surface area contributed by atoms with Gasteiger partial charge in [0.25, 0.3) is 0 Å². The van der Waals surface area contributed by atoms with Gasteiger partial charge in [0.15, 0.2) is 4.34 Å². The monoisotopic (exact) mass is 295 g/mol. The first-order valence-corrected chi connectivity index (χ1v) is 7.50. The predicted octanol–water partition coefficient (Wildman–Crippen LogP) is 3.92. The normalized spacial score (nSPS) is 10.3. The molecule has 0 saturated heterocycles. The molecule has 3 nitrogen and oxygen atoms in total. The first kappa shape index (κ1) is 13.3. The van der Waals surface area contributed by atoms with E-state index in [4.69, 9.17) is 16.9 Å². The van der Waals surface area contributed by atoms with Crippen LogP contribution >= 0.6 is 34.9 Å². The van der Waals surface area contributed by atoms with Gasteiger partial charge in [-0.3, -0.25) is 0 Å². The average molecular weight is 296 g/mol. The van der Waals surface area contributed by atoms with Gasteiger partial charge < -0.3 is 0 Å². The topological polar surface area (TPSA) is 49.6 Å². The SMILES string of the molecule is CCc1nsc(SCc2ccc(C#N)cc2Cl)n1. The Hall–Kier alpha value is -1.09. The fraction of sp³-hybridized carbons (Fsp3) is 0.250. The van der Waals surface area contributed by atoms with Gasteiger partial charge in [-0.25, -0.2) is 4.98 Å². The van der Waals surface area contributed by atoms with E-state index in [-0.39, 0.29) is 0 Å². The van der Waals surface area contributed by atoms with Crippen LogP contribution in [-0.2, 0) is 12.2 Å². The standard InChI is InChI=1S/C12H10ClN3S2/c1-2-11-15-12(18-16-11)17-7-9-4-3-8(6-14)5-10(9)13/h3-5H,2,7H2,1H3. The van der Waals surface area contributed by atoms with Crippen LogP contribution in [0.4, 0.5) is 0 Å². The van der Waals surface area contributed by atoms with Crippen LogP contribution in [0, 0.1) is 11.3 Å². The van der Waals surface area contributed by atoms with Crippen molar-refractivity contribution in [2.24, 2.45) is 0 Å². The first-order valence-electron chi connectivity index (χ1n) is 5.37. The smallest absolute Gasteiger partial charge is 0.170 e. The van der Waals surface area contributed by atoms with Crippen LogP contribution in [0.2, 0.25) is 5.02 Å². The van der Waals surface area contributed by atoms with Crippen molar-refractivity contribution in [1.29, 1.82) is 5.26 Å². The summed E-state index contributed by atoms with van der Waals surface area (Å²) in [6, 6.07) is 7.42. The fourth-order valence-corrected chi connectivity index (χ4v) is 3.34. The molecule has 0 atom stereocenters. The highest BCUT2D eigenvalue weighted by atomic mass is 35.5. The Labute approximate surface area is 119 Å². The van der Waals surface area contributed by atoms with Gasteiger partial charge in [-0.15, -0.1) is 0 Å². The molecule has 0 spiro atoms. The van der Waals surface area contributed by atoms with E-state index in [1.165, 1.54) is 11.5 Å². The molecule has 0 N–H and O–H groups in total. The highest BCUT2D eigenvalue weighted by Gasteiger charge is 2.06. The van der Waals surface area contributed by atoms with Gasteiger partial charge in [0.05, 0.1) is 11.6 Å². The molecule has 2 rings (SSSR count). The highest BCUT2D eigenvalue weighted by Crippen LogP contribution is 2.28. The molecule has 0 bridgehead atoms. The van der Waals surface area contributed by atoms with E-state index >= 15 is 0 Å². The van der Waals surface area contributed by atoms with E-state index in [2.05, 4.69) is 15.4 Å². The average Bonchev–Trinajstić information content (AvgIpc) is 2.85. The van der Waals surface area contributed by atoms with Crippen LogP contribution in [0.1, 0.15) is 23.9 Å². The highest BCUT2D eigenvalue weighted by molar-refractivity contribution is 8.00. The Bertz CT molecular complexity index is 589. The van der Waals surface area contributed by atoms with Crippen LogP contribution in [0.3, 0.4) is 0 Å². The molecular formula is C12H10ClN3S2. The summed E-state index contributed by atoms with van der Waals surface area (Å²) in [4.78, 5) is 4.38. The number of halogens is 1. The van der Waals surface area contributed by atoms with Gasteiger partial charge in [0, 0.05) is 17.2 Å². The number of thioether (sulfide) groups is 1. The molecule has 6 heteroatoms. The van der Waals surface area contributed by atoms with Gasteiger partial charge in [0.1, 0.15) is 5.82 Å². The molecule has 0 aliphatic rings. The maximum Gasteiger partial charge on any atom is 0.170 e. The zero-order chi connectivity index (χ0) is 13.0. The van der Waals surface area contributed by atoms with Gasteiger partial charge in [0.2, 0.25) is 0 Å². The summed E-state index contributed by atoms with van der Waals surface area (Å²) in [7, 11) is 0. The minimum absolute atomic E-state index is 0.581. The second-order valence-corrected chi connectivity index (χ2v) is 5.92. The van der Waals surface area contributed by atoms with Crippen LogP contribution in [0.25, 0.3) is 0 Å². The van der Waals surface area contributed by atoms with Crippen molar-refractivity contribution >= 4 is 34.9 Å². The molecule has 0 saturated carbocycles. The van der Waals surface area contributed by atoms with Crippen molar-refractivity contribution in [1.82, 2.24) is 9.36 Å². The van der Waals surface area contributed by atoms with Crippen molar-refractivity contribution in [2.75, 3.05) is 0 Å². The zero-order valence-corrected chi connectivity index (χ0v) is 12.1. The molecule has 0 aliphatic carbocycles. The summed E-state index contributed by atoms with van der Waals surface area (Å²) in [5.74, 6) is 1.62. The van der Waals surface area contributed by atoms with E-state index in [1.54, 1.807) is 23.9 Å². The lowest BCUT2D eigenvalue weighted by atomic mass is 10.2. The lowest BCUT2D eigenvalue weighted by Crippen LogP contribution is -1.85. The van der Waals surface area contributed by atoms with E-state index < -0.39 is 0 Å². The number of rotatable bonds is 4. The van der Waals surface area contributed by atoms with Crippen LogP contribution in [0.5, 0.6) is 0 Å².